The minimum atomic E-state index is -0.411. The van der Waals surface area contributed by atoms with Crippen LogP contribution in [0, 0.1) is 12.7 Å². The third-order valence-corrected chi connectivity index (χ3v) is 2.90. The maximum Gasteiger partial charge on any atom is 0.168 e. The van der Waals surface area contributed by atoms with Crippen LogP contribution in [0.25, 0.3) is 0 Å². The molecule has 0 fully saturated rings. The molecule has 0 spiro atoms. The normalized spacial score (nSPS) is 15.0. The number of ketones is 1. The van der Waals surface area contributed by atoms with Crippen molar-refractivity contribution in [3.8, 4) is 5.75 Å². The summed E-state index contributed by atoms with van der Waals surface area (Å²) >= 11 is 0. The van der Waals surface area contributed by atoms with Gasteiger partial charge < -0.3 is 4.74 Å². The van der Waals surface area contributed by atoms with Crippen LogP contribution in [0.3, 0.4) is 0 Å². The van der Waals surface area contributed by atoms with Crippen LogP contribution in [0.2, 0.25) is 0 Å². The SMILES string of the molecule is COc1cc2c(c(C)c1F)C(=O)CCC2. The number of methoxy groups -OCH3 is 1. The molecule has 15 heavy (non-hydrogen) atoms. The Hall–Kier alpha value is -1.38. The van der Waals surface area contributed by atoms with E-state index >= 15 is 0 Å². The van der Waals surface area contributed by atoms with Crippen molar-refractivity contribution in [2.75, 3.05) is 7.11 Å². The topological polar surface area (TPSA) is 26.3 Å². The summed E-state index contributed by atoms with van der Waals surface area (Å²) in [7, 11) is 1.44. The summed E-state index contributed by atoms with van der Waals surface area (Å²) in [4.78, 5) is 11.7. The number of Topliss-reactive ketones (excluding diaryl/α,β-unsaturated/α-hetero) is 1. The van der Waals surface area contributed by atoms with Crippen LogP contribution < -0.4 is 4.74 Å². The van der Waals surface area contributed by atoms with Crippen molar-refractivity contribution in [1.29, 1.82) is 0 Å². The summed E-state index contributed by atoms with van der Waals surface area (Å²) in [5.41, 5.74) is 1.91. The molecule has 1 aliphatic rings. The first-order valence-corrected chi connectivity index (χ1v) is 5.04. The number of rotatable bonds is 1. The lowest BCUT2D eigenvalue weighted by atomic mass is 9.87. The van der Waals surface area contributed by atoms with E-state index in [1.165, 1.54) is 7.11 Å². The molecular formula is C12H13FO2. The molecular weight excluding hydrogens is 195 g/mol. The summed E-state index contributed by atoms with van der Waals surface area (Å²) in [5.74, 6) is -0.122. The van der Waals surface area contributed by atoms with Crippen LogP contribution in [0.1, 0.15) is 34.3 Å². The molecule has 1 aliphatic carbocycles. The second-order valence-corrected chi connectivity index (χ2v) is 3.83. The van der Waals surface area contributed by atoms with E-state index in [-0.39, 0.29) is 11.5 Å². The van der Waals surface area contributed by atoms with Crippen LogP contribution in [0.5, 0.6) is 5.75 Å². The highest BCUT2D eigenvalue weighted by Gasteiger charge is 2.23. The predicted molar refractivity (Wildman–Crippen MR) is 55.0 cm³/mol. The highest BCUT2D eigenvalue weighted by molar-refractivity contribution is 6.00. The van der Waals surface area contributed by atoms with Gasteiger partial charge in [0, 0.05) is 12.0 Å². The smallest absolute Gasteiger partial charge is 0.168 e. The standard InChI is InChI=1S/C12H13FO2/c1-7-11-8(4-3-5-9(11)14)6-10(15-2)12(7)13/h6H,3-5H2,1-2H3. The van der Waals surface area contributed by atoms with Crippen molar-refractivity contribution >= 4 is 5.78 Å². The van der Waals surface area contributed by atoms with Crippen LogP contribution in [-0.2, 0) is 6.42 Å². The van der Waals surface area contributed by atoms with Gasteiger partial charge >= 0.3 is 0 Å². The molecule has 0 aliphatic heterocycles. The Bertz CT molecular complexity index is 424. The van der Waals surface area contributed by atoms with Gasteiger partial charge in [-0.1, -0.05) is 0 Å². The van der Waals surface area contributed by atoms with E-state index in [0.717, 1.165) is 18.4 Å². The zero-order valence-electron chi connectivity index (χ0n) is 8.89. The summed E-state index contributed by atoms with van der Waals surface area (Å²) in [6, 6.07) is 1.65. The largest absolute Gasteiger partial charge is 0.494 e. The van der Waals surface area contributed by atoms with Gasteiger partial charge in [-0.25, -0.2) is 4.39 Å². The number of halogens is 1. The highest BCUT2D eigenvalue weighted by atomic mass is 19.1. The first kappa shape index (κ1) is 10.1. The van der Waals surface area contributed by atoms with Gasteiger partial charge in [0.2, 0.25) is 0 Å². The lowest BCUT2D eigenvalue weighted by molar-refractivity contribution is 0.0971. The van der Waals surface area contributed by atoms with Crippen molar-refractivity contribution < 1.29 is 13.9 Å². The monoisotopic (exact) mass is 208 g/mol. The van der Waals surface area contributed by atoms with Gasteiger partial charge in [0.25, 0.3) is 0 Å². The Morgan fingerprint density at radius 2 is 2.13 bits per heavy atom. The summed E-state index contributed by atoms with van der Waals surface area (Å²) in [6.45, 7) is 1.64. The molecule has 0 heterocycles. The molecule has 0 radical (unpaired) electrons. The quantitative estimate of drug-likeness (QED) is 0.709. The van der Waals surface area contributed by atoms with Crippen molar-refractivity contribution in [2.45, 2.75) is 26.2 Å². The van der Waals surface area contributed by atoms with Gasteiger partial charge in [0.1, 0.15) is 0 Å². The minimum Gasteiger partial charge on any atom is -0.494 e. The van der Waals surface area contributed by atoms with E-state index in [0.29, 0.717) is 17.5 Å². The van der Waals surface area contributed by atoms with Crippen molar-refractivity contribution in [2.24, 2.45) is 0 Å². The molecule has 0 unspecified atom stereocenters. The third kappa shape index (κ3) is 1.52. The lowest BCUT2D eigenvalue weighted by Gasteiger charge is -2.18. The molecule has 0 saturated carbocycles. The Balaban J connectivity index is 2.66. The zero-order chi connectivity index (χ0) is 11.0. The lowest BCUT2D eigenvalue weighted by Crippen LogP contribution is -2.14. The van der Waals surface area contributed by atoms with Gasteiger partial charge in [0.05, 0.1) is 7.11 Å². The number of hydrogen-bond acceptors (Lipinski definition) is 2. The second kappa shape index (κ2) is 3.65. The molecule has 2 rings (SSSR count). The number of hydrogen-bond donors (Lipinski definition) is 0. The minimum absolute atomic E-state index is 0.0512. The molecule has 3 heteroatoms. The van der Waals surface area contributed by atoms with Crippen molar-refractivity contribution in [3.05, 3.63) is 28.6 Å². The molecule has 0 amide bonds. The van der Waals surface area contributed by atoms with E-state index < -0.39 is 5.82 Å². The van der Waals surface area contributed by atoms with Gasteiger partial charge in [-0.15, -0.1) is 0 Å². The molecule has 0 aromatic heterocycles. The Morgan fingerprint density at radius 1 is 1.40 bits per heavy atom. The van der Waals surface area contributed by atoms with Crippen LogP contribution in [-0.4, -0.2) is 12.9 Å². The number of aryl methyl sites for hydroxylation is 1. The Labute approximate surface area is 88.1 Å². The molecule has 0 atom stereocenters. The zero-order valence-corrected chi connectivity index (χ0v) is 8.89. The van der Waals surface area contributed by atoms with Crippen molar-refractivity contribution in [1.82, 2.24) is 0 Å². The molecule has 0 saturated heterocycles. The molecule has 0 N–H and O–H groups in total. The fourth-order valence-corrected chi connectivity index (χ4v) is 2.13. The van der Waals surface area contributed by atoms with Crippen LogP contribution in [0.4, 0.5) is 4.39 Å². The molecule has 1 aromatic rings. The fraction of sp³-hybridized carbons (Fsp3) is 0.417. The van der Waals surface area contributed by atoms with E-state index in [4.69, 9.17) is 4.74 Å². The maximum absolute atomic E-state index is 13.7. The number of fused-ring (bicyclic) bond motifs is 1. The van der Waals surface area contributed by atoms with Gasteiger partial charge in [0.15, 0.2) is 17.3 Å². The Kier molecular flexibility index (Phi) is 2.47. The van der Waals surface area contributed by atoms with E-state index in [1.807, 2.05) is 0 Å². The first-order chi connectivity index (χ1) is 7.15. The summed E-state index contributed by atoms with van der Waals surface area (Å²) < 4.78 is 18.6. The highest BCUT2D eigenvalue weighted by Crippen LogP contribution is 2.31. The number of benzene rings is 1. The number of carbonyl (C=O) groups is 1. The third-order valence-electron chi connectivity index (χ3n) is 2.90. The van der Waals surface area contributed by atoms with Crippen LogP contribution in [0.15, 0.2) is 6.07 Å². The molecule has 80 valence electrons. The molecule has 2 nitrogen and oxygen atoms in total. The van der Waals surface area contributed by atoms with Gasteiger partial charge in [-0.3, -0.25) is 4.79 Å². The molecule has 0 bridgehead atoms. The van der Waals surface area contributed by atoms with Gasteiger partial charge in [-0.05, 0) is 37.0 Å². The predicted octanol–water partition coefficient (Wildman–Crippen LogP) is 2.66. The van der Waals surface area contributed by atoms with Crippen LogP contribution >= 0.6 is 0 Å². The Morgan fingerprint density at radius 3 is 2.80 bits per heavy atom. The van der Waals surface area contributed by atoms with Crippen molar-refractivity contribution in [3.63, 3.8) is 0 Å². The number of carbonyl (C=O) groups excluding carboxylic acids is 1. The molecule has 1 aromatic carbocycles. The fourth-order valence-electron chi connectivity index (χ4n) is 2.13. The second-order valence-electron chi connectivity index (χ2n) is 3.83. The van der Waals surface area contributed by atoms with E-state index in [1.54, 1.807) is 13.0 Å². The van der Waals surface area contributed by atoms with Gasteiger partial charge in [-0.2, -0.15) is 0 Å². The first-order valence-electron chi connectivity index (χ1n) is 5.04. The van der Waals surface area contributed by atoms with E-state index in [9.17, 15) is 9.18 Å². The summed E-state index contributed by atoms with van der Waals surface area (Å²) in [6.07, 6.45) is 2.21. The van der Waals surface area contributed by atoms with E-state index in [2.05, 4.69) is 0 Å². The number of ether oxygens (including phenoxy) is 1. The average Bonchev–Trinajstić information content (AvgIpc) is 2.23. The average molecular weight is 208 g/mol. The summed E-state index contributed by atoms with van der Waals surface area (Å²) in [5, 5.41) is 0. The maximum atomic E-state index is 13.7.